The molecule has 0 aliphatic carbocycles. The number of amides is 1. The number of carbonyl (C=O) groups excluding carboxylic acids is 1. The summed E-state index contributed by atoms with van der Waals surface area (Å²) in [6.45, 7) is 0.664. The van der Waals surface area contributed by atoms with Crippen molar-refractivity contribution in [1.29, 1.82) is 5.26 Å². The summed E-state index contributed by atoms with van der Waals surface area (Å²) in [6, 6.07) is 9.50. The van der Waals surface area contributed by atoms with E-state index in [4.69, 9.17) is 11.6 Å². The third kappa shape index (κ3) is 2.27. The van der Waals surface area contributed by atoms with Gasteiger partial charge in [0.25, 0.3) is 0 Å². The van der Waals surface area contributed by atoms with Crippen LogP contribution >= 0.6 is 11.6 Å². The molecule has 5 heteroatoms. The van der Waals surface area contributed by atoms with Gasteiger partial charge in [0.1, 0.15) is 6.09 Å². The Morgan fingerprint density at radius 1 is 1.33 bits per heavy atom. The van der Waals surface area contributed by atoms with Crippen LogP contribution in [0.25, 0.3) is 0 Å². The van der Waals surface area contributed by atoms with Crippen molar-refractivity contribution in [3.05, 3.63) is 34.9 Å². The molecule has 0 saturated carbocycles. The number of benzene rings is 1. The highest BCUT2D eigenvalue weighted by molar-refractivity contribution is 6.30. The van der Waals surface area contributed by atoms with Crippen LogP contribution in [0.1, 0.15) is 18.4 Å². The monoisotopic (exact) mass is 263 g/mol. The molecular formula is C13H12ClN2O2-. The summed E-state index contributed by atoms with van der Waals surface area (Å²) in [5.41, 5.74) is 0.281. The summed E-state index contributed by atoms with van der Waals surface area (Å²) in [6.07, 6.45) is -0.198. The Hall–Kier alpha value is -1.73. The predicted molar refractivity (Wildman–Crippen MR) is 64.9 cm³/mol. The number of hydrogen-bond donors (Lipinski definition) is 0. The number of rotatable bonds is 1. The lowest BCUT2D eigenvalue weighted by molar-refractivity contribution is -0.266. The number of nitrogens with zero attached hydrogens (tertiary/aromatic N) is 2. The fraction of sp³-hybridized carbons (Fsp3) is 0.385. The molecule has 1 amide bonds. The number of carbonyl (C=O) groups is 1. The first-order chi connectivity index (χ1) is 8.57. The molecule has 1 aliphatic rings. The third-order valence-electron chi connectivity index (χ3n) is 3.49. The van der Waals surface area contributed by atoms with Crippen LogP contribution < -0.4 is 5.11 Å². The lowest BCUT2D eigenvalue weighted by Crippen LogP contribution is -2.49. The standard InChI is InChI=1S/C13H13ClN2O2/c14-11-3-1-10(2-4-11)13(9-15)5-7-16(8-6-13)12(17)18/h1-4H,5-8H2,(H,17,18)/p-1. The van der Waals surface area contributed by atoms with E-state index in [9.17, 15) is 15.2 Å². The van der Waals surface area contributed by atoms with E-state index in [0.29, 0.717) is 31.0 Å². The first-order valence-electron chi connectivity index (χ1n) is 5.71. The summed E-state index contributed by atoms with van der Waals surface area (Å²) in [7, 11) is 0. The number of piperidine rings is 1. The van der Waals surface area contributed by atoms with Crippen LogP contribution in [0.15, 0.2) is 24.3 Å². The van der Waals surface area contributed by atoms with Gasteiger partial charge in [0, 0.05) is 18.1 Å². The Balaban J connectivity index is 2.22. The smallest absolute Gasteiger partial charge is 0.136 e. The van der Waals surface area contributed by atoms with Crippen LogP contribution in [0.3, 0.4) is 0 Å². The highest BCUT2D eigenvalue weighted by atomic mass is 35.5. The Bertz CT molecular complexity index is 485. The maximum atomic E-state index is 10.7. The molecule has 18 heavy (non-hydrogen) atoms. The van der Waals surface area contributed by atoms with Crippen molar-refractivity contribution in [3.63, 3.8) is 0 Å². The molecule has 0 aromatic heterocycles. The normalized spacial score (nSPS) is 18.1. The molecule has 0 N–H and O–H groups in total. The van der Waals surface area contributed by atoms with Crippen molar-refractivity contribution in [2.24, 2.45) is 0 Å². The quantitative estimate of drug-likeness (QED) is 0.772. The van der Waals surface area contributed by atoms with Gasteiger partial charge in [-0.2, -0.15) is 5.26 Å². The maximum absolute atomic E-state index is 10.7. The second kappa shape index (κ2) is 4.87. The molecule has 0 spiro atoms. The van der Waals surface area contributed by atoms with Crippen molar-refractivity contribution in [2.75, 3.05) is 13.1 Å². The van der Waals surface area contributed by atoms with E-state index in [1.165, 1.54) is 4.90 Å². The largest absolute Gasteiger partial charge is 0.530 e. The van der Waals surface area contributed by atoms with E-state index in [2.05, 4.69) is 6.07 Å². The first kappa shape index (κ1) is 12.7. The van der Waals surface area contributed by atoms with E-state index in [-0.39, 0.29) is 0 Å². The van der Waals surface area contributed by atoms with Gasteiger partial charge >= 0.3 is 0 Å². The molecule has 1 fully saturated rings. The molecule has 94 valence electrons. The van der Waals surface area contributed by atoms with Gasteiger partial charge in [-0.05, 0) is 30.5 Å². The van der Waals surface area contributed by atoms with Gasteiger partial charge in [-0.3, -0.25) is 0 Å². The minimum absolute atomic E-state index is 0.332. The fourth-order valence-electron chi connectivity index (χ4n) is 2.30. The highest BCUT2D eigenvalue weighted by Crippen LogP contribution is 2.35. The first-order valence-corrected chi connectivity index (χ1v) is 6.08. The van der Waals surface area contributed by atoms with Crippen LogP contribution in [0, 0.1) is 11.3 Å². The van der Waals surface area contributed by atoms with Crippen LogP contribution in [-0.2, 0) is 5.41 Å². The molecule has 4 nitrogen and oxygen atoms in total. The summed E-state index contributed by atoms with van der Waals surface area (Å²) < 4.78 is 0. The van der Waals surface area contributed by atoms with Crippen LogP contribution in [-0.4, -0.2) is 24.1 Å². The molecule has 1 aromatic rings. The summed E-state index contributed by atoms with van der Waals surface area (Å²) >= 11 is 5.83. The lowest BCUT2D eigenvalue weighted by atomic mass is 9.74. The second-order valence-electron chi connectivity index (χ2n) is 4.45. The second-order valence-corrected chi connectivity index (χ2v) is 4.89. The van der Waals surface area contributed by atoms with E-state index < -0.39 is 11.5 Å². The molecule has 0 bridgehead atoms. The molecule has 1 aliphatic heterocycles. The van der Waals surface area contributed by atoms with Gasteiger partial charge in [0.15, 0.2) is 0 Å². The number of hydrogen-bond acceptors (Lipinski definition) is 3. The Labute approximate surface area is 110 Å². The Morgan fingerprint density at radius 3 is 2.33 bits per heavy atom. The minimum atomic E-state index is -1.17. The number of halogens is 1. The molecule has 2 rings (SSSR count). The molecule has 1 heterocycles. The minimum Gasteiger partial charge on any atom is -0.530 e. The molecular weight excluding hydrogens is 252 g/mol. The van der Waals surface area contributed by atoms with Crippen molar-refractivity contribution in [3.8, 4) is 6.07 Å². The Morgan fingerprint density at radius 2 is 1.89 bits per heavy atom. The molecule has 0 atom stereocenters. The van der Waals surface area contributed by atoms with Crippen molar-refractivity contribution < 1.29 is 9.90 Å². The number of carboxylic acid groups (broad SMARTS) is 1. The zero-order valence-electron chi connectivity index (χ0n) is 9.73. The van der Waals surface area contributed by atoms with E-state index in [1.807, 2.05) is 12.1 Å². The average molecular weight is 264 g/mol. The van der Waals surface area contributed by atoms with E-state index >= 15 is 0 Å². The Kier molecular flexibility index (Phi) is 3.44. The predicted octanol–water partition coefficient (Wildman–Crippen LogP) is 1.54. The SMILES string of the molecule is N#CC1(c2ccc(Cl)cc2)CCN(C(=O)[O-])CC1. The van der Waals surface area contributed by atoms with Crippen molar-refractivity contribution in [2.45, 2.75) is 18.3 Å². The average Bonchev–Trinajstić information content (AvgIpc) is 2.39. The molecule has 1 aromatic carbocycles. The summed E-state index contributed by atoms with van der Waals surface area (Å²) in [5, 5.41) is 20.8. The topological polar surface area (TPSA) is 67.2 Å². The van der Waals surface area contributed by atoms with Gasteiger partial charge in [-0.25, -0.2) is 0 Å². The van der Waals surface area contributed by atoms with Crippen LogP contribution in [0.4, 0.5) is 4.79 Å². The lowest BCUT2D eigenvalue weighted by Gasteiger charge is -2.38. The van der Waals surface area contributed by atoms with Crippen molar-refractivity contribution >= 4 is 17.7 Å². The zero-order chi connectivity index (χ0) is 13.2. The fourth-order valence-corrected chi connectivity index (χ4v) is 2.43. The van der Waals surface area contributed by atoms with Crippen LogP contribution in [0.5, 0.6) is 0 Å². The zero-order valence-corrected chi connectivity index (χ0v) is 10.5. The summed E-state index contributed by atoms with van der Waals surface area (Å²) in [5.74, 6) is 0. The van der Waals surface area contributed by atoms with E-state index in [1.54, 1.807) is 12.1 Å². The van der Waals surface area contributed by atoms with E-state index in [0.717, 1.165) is 5.56 Å². The molecule has 0 radical (unpaired) electrons. The van der Waals surface area contributed by atoms with Gasteiger partial charge < -0.3 is 14.8 Å². The van der Waals surface area contributed by atoms with Gasteiger partial charge in [0.2, 0.25) is 0 Å². The van der Waals surface area contributed by atoms with Crippen molar-refractivity contribution in [1.82, 2.24) is 4.90 Å². The molecule has 1 saturated heterocycles. The van der Waals surface area contributed by atoms with Gasteiger partial charge in [-0.1, -0.05) is 23.7 Å². The van der Waals surface area contributed by atoms with Crippen LogP contribution in [0.2, 0.25) is 5.02 Å². The highest BCUT2D eigenvalue weighted by Gasteiger charge is 2.36. The summed E-state index contributed by atoms with van der Waals surface area (Å²) in [4.78, 5) is 12.0. The molecule has 0 unspecified atom stereocenters. The third-order valence-corrected chi connectivity index (χ3v) is 3.74. The maximum Gasteiger partial charge on any atom is 0.136 e. The van der Waals surface area contributed by atoms with Gasteiger partial charge in [-0.15, -0.1) is 0 Å². The van der Waals surface area contributed by atoms with Gasteiger partial charge in [0.05, 0.1) is 11.5 Å². The number of likely N-dealkylation sites (tertiary alicyclic amines) is 1. The number of nitriles is 1.